The van der Waals surface area contributed by atoms with Crippen LogP contribution in [0.15, 0.2) is 48.5 Å². The second-order valence-corrected chi connectivity index (χ2v) is 8.94. The molecule has 0 radical (unpaired) electrons. The highest BCUT2D eigenvalue weighted by atomic mass is 31.2. The van der Waals surface area contributed by atoms with E-state index in [0.29, 0.717) is 5.75 Å². The molecular weight excluding hydrogens is 353 g/mol. The van der Waals surface area contributed by atoms with Crippen molar-refractivity contribution in [3.63, 3.8) is 0 Å². The van der Waals surface area contributed by atoms with Gasteiger partial charge in [0.1, 0.15) is 0 Å². The second kappa shape index (κ2) is 8.23. The molecule has 7 heteroatoms. The molecule has 0 saturated heterocycles. The maximum absolute atomic E-state index is 12.4. The van der Waals surface area contributed by atoms with Crippen LogP contribution in [0.25, 0.3) is 0 Å². The molecule has 140 valence electrons. The van der Waals surface area contributed by atoms with Crippen LogP contribution in [0.2, 0.25) is 0 Å². The Kier molecular flexibility index (Phi) is 5.99. The quantitative estimate of drug-likeness (QED) is 0.613. The van der Waals surface area contributed by atoms with Gasteiger partial charge in [0.2, 0.25) is 14.2 Å². The predicted octanol–water partition coefficient (Wildman–Crippen LogP) is 2.90. The highest BCUT2D eigenvalue weighted by Crippen LogP contribution is 2.44. The Bertz CT molecular complexity index is 783. The first-order valence-electron chi connectivity index (χ1n) is 8.59. The van der Waals surface area contributed by atoms with Crippen molar-refractivity contribution in [2.45, 2.75) is 25.2 Å². The van der Waals surface area contributed by atoms with Crippen LogP contribution in [0.4, 0.5) is 0 Å². The summed E-state index contributed by atoms with van der Waals surface area (Å²) in [7, 11) is -3.44. The van der Waals surface area contributed by atoms with Gasteiger partial charge >= 0.3 is 0 Å². The third-order valence-electron chi connectivity index (χ3n) is 4.32. The summed E-state index contributed by atoms with van der Waals surface area (Å²) in [4.78, 5) is 10.2. The lowest BCUT2D eigenvalue weighted by Gasteiger charge is -2.20. The molecule has 0 amide bonds. The lowest BCUT2D eigenvalue weighted by molar-refractivity contribution is 0.174. The molecule has 0 spiro atoms. The van der Waals surface area contributed by atoms with Crippen LogP contribution in [0.3, 0.4) is 0 Å². The van der Waals surface area contributed by atoms with E-state index < -0.39 is 13.5 Å². The van der Waals surface area contributed by atoms with Gasteiger partial charge in [0, 0.05) is 18.7 Å². The van der Waals surface area contributed by atoms with Gasteiger partial charge in [-0.2, -0.15) is 0 Å². The molecule has 6 nitrogen and oxygen atoms in total. The maximum Gasteiger partial charge on any atom is 0.231 e. The Morgan fingerprint density at radius 1 is 1.15 bits per heavy atom. The van der Waals surface area contributed by atoms with Gasteiger partial charge in [-0.1, -0.05) is 36.4 Å². The SMILES string of the molecule is CC(NC[C@H](O)CP(=O)(O)Cc1ccccc1)c1ccc2c(c1)OCO2. The number of aliphatic hydroxyl groups excluding tert-OH is 1. The van der Waals surface area contributed by atoms with E-state index in [1.165, 1.54) is 0 Å². The van der Waals surface area contributed by atoms with Crippen molar-refractivity contribution in [2.75, 3.05) is 19.5 Å². The first-order valence-corrected chi connectivity index (χ1v) is 10.6. The van der Waals surface area contributed by atoms with Gasteiger partial charge in [-0.05, 0) is 30.2 Å². The predicted molar refractivity (Wildman–Crippen MR) is 99.8 cm³/mol. The molecule has 3 N–H and O–H groups in total. The molecule has 3 rings (SSSR count). The van der Waals surface area contributed by atoms with Gasteiger partial charge in [0.05, 0.1) is 12.3 Å². The lowest BCUT2D eigenvalue weighted by Crippen LogP contribution is -2.31. The van der Waals surface area contributed by atoms with Crippen LogP contribution < -0.4 is 14.8 Å². The molecule has 0 saturated carbocycles. The minimum Gasteiger partial charge on any atom is -0.454 e. The average molecular weight is 377 g/mol. The Hall–Kier alpha value is -1.85. The minimum absolute atomic E-state index is 0.0358. The molecule has 26 heavy (non-hydrogen) atoms. The van der Waals surface area contributed by atoms with Gasteiger partial charge in [-0.15, -0.1) is 0 Å². The molecule has 2 aromatic carbocycles. The van der Waals surface area contributed by atoms with E-state index in [2.05, 4.69) is 5.32 Å². The smallest absolute Gasteiger partial charge is 0.231 e. The number of fused-ring (bicyclic) bond motifs is 1. The zero-order chi connectivity index (χ0) is 18.6. The first-order chi connectivity index (χ1) is 12.4. The van der Waals surface area contributed by atoms with E-state index in [1.807, 2.05) is 55.5 Å². The van der Waals surface area contributed by atoms with E-state index in [9.17, 15) is 14.6 Å². The van der Waals surface area contributed by atoms with Crippen LogP contribution in [-0.4, -0.2) is 35.6 Å². The number of hydrogen-bond acceptors (Lipinski definition) is 5. The van der Waals surface area contributed by atoms with Crippen molar-refractivity contribution < 1.29 is 24.0 Å². The van der Waals surface area contributed by atoms with E-state index in [4.69, 9.17) is 9.47 Å². The Labute approximate surface area is 153 Å². The van der Waals surface area contributed by atoms with Gasteiger partial charge in [-0.3, -0.25) is 4.57 Å². The Morgan fingerprint density at radius 3 is 2.65 bits per heavy atom. The third kappa shape index (κ3) is 5.08. The molecule has 0 aliphatic carbocycles. The van der Waals surface area contributed by atoms with Crippen molar-refractivity contribution >= 4 is 7.37 Å². The van der Waals surface area contributed by atoms with Gasteiger partial charge < -0.3 is 24.8 Å². The zero-order valence-electron chi connectivity index (χ0n) is 14.7. The number of nitrogens with one attached hydrogen (secondary N) is 1. The van der Waals surface area contributed by atoms with Crippen molar-refractivity contribution in [3.8, 4) is 11.5 Å². The summed E-state index contributed by atoms with van der Waals surface area (Å²) < 4.78 is 23.0. The highest BCUT2D eigenvalue weighted by molar-refractivity contribution is 7.57. The molecule has 1 aliphatic heterocycles. The molecule has 2 unspecified atom stereocenters. The fourth-order valence-corrected chi connectivity index (χ4v) is 4.64. The van der Waals surface area contributed by atoms with E-state index in [-0.39, 0.29) is 31.7 Å². The fourth-order valence-electron chi connectivity index (χ4n) is 2.94. The maximum atomic E-state index is 12.4. The Balaban J connectivity index is 1.50. The number of benzene rings is 2. The summed E-state index contributed by atoms with van der Waals surface area (Å²) in [5.74, 6) is 1.43. The largest absolute Gasteiger partial charge is 0.454 e. The van der Waals surface area contributed by atoms with Crippen molar-refractivity contribution in [1.29, 1.82) is 0 Å². The number of aliphatic hydroxyl groups is 1. The summed E-state index contributed by atoms with van der Waals surface area (Å²) in [5, 5.41) is 13.4. The molecule has 1 heterocycles. The van der Waals surface area contributed by atoms with Crippen LogP contribution >= 0.6 is 7.37 Å². The topological polar surface area (TPSA) is 88.0 Å². The molecule has 1 aliphatic rings. The van der Waals surface area contributed by atoms with Crippen molar-refractivity contribution in [2.24, 2.45) is 0 Å². The summed E-state index contributed by atoms with van der Waals surface area (Å²) >= 11 is 0. The molecule has 2 aromatic rings. The van der Waals surface area contributed by atoms with E-state index >= 15 is 0 Å². The summed E-state index contributed by atoms with van der Waals surface area (Å²) in [6.45, 7) is 2.42. The molecule has 3 atom stereocenters. The molecular formula is C19H24NO5P. The van der Waals surface area contributed by atoms with Crippen molar-refractivity contribution in [1.82, 2.24) is 5.32 Å². The first kappa shape index (κ1) is 18.9. The molecule has 0 fully saturated rings. The number of ether oxygens (including phenoxy) is 2. The van der Waals surface area contributed by atoms with Crippen LogP contribution in [0, 0.1) is 0 Å². The van der Waals surface area contributed by atoms with Crippen LogP contribution in [0.1, 0.15) is 24.1 Å². The third-order valence-corrected chi connectivity index (χ3v) is 6.18. The van der Waals surface area contributed by atoms with Gasteiger partial charge in [-0.25, -0.2) is 0 Å². The van der Waals surface area contributed by atoms with Crippen molar-refractivity contribution in [3.05, 3.63) is 59.7 Å². The van der Waals surface area contributed by atoms with E-state index in [1.54, 1.807) is 0 Å². The normalized spacial score (nSPS) is 17.5. The van der Waals surface area contributed by atoms with Crippen LogP contribution in [-0.2, 0) is 10.7 Å². The van der Waals surface area contributed by atoms with Crippen LogP contribution in [0.5, 0.6) is 11.5 Å². The minimum atomic E-state index is -3.44. The molecule has 0 aromatic heterocycles. The average Bonchev–Trinajstić information content (AvgIpc) is 3.07. The number of hydrogen-bond donors (Lipinski definition) is 3. The highest BCUT2D eigenvalue weighted by Gasteiger charge is 2.24. The van der Waals surface area contributed by atoms with Gasteiger partial charge in [0.25, 0.3) is 0 Å². The molecule has 0 bridgehead atoms. The lowest BCUT2D eigenvalue weighted by atomic mass is 10.1. The summed E-state index contributed by atoms with van der Waals surface area (Å²) in [5.41, 5.74) is 1.80. The van der Waals surface area contributed by atoms with Gasteiger partial charge in [0.15, 0.2) is 11.5 Å². The van der Waals surface area contributed by atoms with E-state index in [0.717, 1.165) is 16.9 Å². The monoisotopic (exact) mass is 377 g/mol. The fraction of sp³-hybridized carbons (Fsp3) is 0.368. The number of rotatable bonds is 8. The standard InChI is InChI=1S/C19H24NO5P/c1-14(16-7-8-18-19(9-16)25-13-24-18)20-10-17(21)12-26(22,23)11-15-5-3-2-4-6-15/h2-9,14,17,20-21H,10-13H2,1H3,(H,22,23)/t14?,17-/m0/s1. The Morgan fingerprint density at radius 2 is 1.88 bits per heavy atom. The summed E-state index contributed by atoms with van der Waals surface area (Å²) in [6, 6.07) is 14.8. The second-order valence-electron chi connectivity index (χ2n) is 6.57. The zero-order valence-corrected chi connectivity index (χ0v) is 15.6. The summed E-state index contributed by atoms with van der Waals surface area (Å²) in [6.07, 6.45) is -0.961.